The van der Waals surface area contributed by atoms with Crippen LogP contribution in [-0.2, 0) is 4.79 Å². The molecule has 4 rings (SSSR count). The lowest BCUT2D eigenvalue weighted by molar-refractivity contribution is -0.116. The second-order valence-corrected chi connectivity index (χ2v) is 6.05. The maximum atomic E-state index is 11.9. The monoisotopic (exact) mass is 293 g/mol. The fraction of sp³-hybridized carbons (Fsp3) is 0.125. The number of nitrogens with zero attached hydrogens (tertiary/aromatic N) is 3. The van der Waals surface area contributed by atoms with Crippen molar-refractivity contribution in [2.45, 2.75) is 17.2 Å². The summed E-state index contributed by atoms with van der Waals surface area (Å²) >= 11 is 1.45. The third-order valence-electron chi connectivity index (χ3n) is 3.54. The van der Waals surface area contributed by atoms with E-state index in [1.54, 1.807) is 0 Å². The molecule has 21 heavy (non-hydrogen) atoms. The molecule has 0 saturated heterocycles. The second-order valence-electron chi connectivity index (χ2n) is 4.95. The van der Waals surface area contributed by atoms with Gasteiger partial charge in [0.05, 0.1) is 5.71 Å². The number of amides is 1. The zero-order valence-electron chi connectivity index (χ0n) is 11.3. The summed E-state index contributed by atoms with van der Waals surface area (Å²) in [5, 5.41) is 0.526. The van der Waals surface area contributed by atoms with Gasteiger partial charge < -0.3 is 0 Å². The fourth-order valence-corrected chi connectivity index (χ4v) is 3.84. The molecule has 1 aromatic carbocycles. The number of aliphatic imine (C=N–C) groups is 2. The van der Waals surface area contributed by atoms with Crippen molar-refractivity contribution in [1.82, 2.24) is 4.98 Å². The van der Waals surface area contributed by atoms with Gasteiger partial charge in [0, 0.05) is 11.3 Å². The molecule has 0 aliphatic carbocycles. The summed E-state index contributed by atoms with van der Waals surface area (Å²) in [6.07, 6.45) is 1.35. The van der Waals surface area contributed by atoms with Crippen molar-refractivity contribution >= 4 is 29.7 Å². The average Bonchev–Trinajstić information content (AvgIpc) is 2.87. The highest BCUT2D eigenvalue weighted by molar-refractivity contribution is 8.02. The van der Waals surface area contributed by atoms with Gasteiger partial charge in [-0.2, -0.15) is 0 Å². The van der Waals surface area contributed by atoms with E-state index in [1.807, 2.05) is 25.1 Å². The number of fused-ring (bicyclic) bond motifs is 3. The molecule has 0 fully saturated rings. The predicted octanol–water partition coefficient (Wildman–Crippen LogP) is 2.89. The van der Waals surface area contributed by atoms with Crippen LogP contribution >= 0.6 is 11.8 Å². The van der Waals surface area contributed by atoms with Crippen molar-refractivity contribution in [3.8, 4) is 11.1 Å². The molecule has 0 saturated carbocycles. The second kappa shape index (κ2) is 4.63. The molecule has 1 amide bonds. The molecule has 0 radical (unpaired) electrons. The molecule has 2 aliphatic heterocycles. The fourth-order valence-electron chi connectivity index (χ4n) is 2.64. The average molecular weight is 293 g/mol. The predicted molar refractivity (Wildman–Crippen MR) is 84.1 cm³/mol. The van der Waals surface area contributed by atoms with E-state index in [1.165, 1.54) is 18.1 Å². The van der Waals surface area contributed by atoms with Crippen LogP contribution in [-0.4, -0.2) is 28.2 Å². The summed E-state index contributed by atoms with van der Waals surface area (Å²) < 4.78 is 0. The Morgan fingerprint density at radius 3 is 2.81 bits per heavy atom. The number of carbonyl (C=O) groups is 1. The summed E-state index contributed by atoms with van der Waals surface area (Å²) in [4.78, 5) is 24.6. The van der Waals surface area contributed by atoms with Gasteiger partial charge in [-0.15, -0.1) is 0 Å². The Balaban J connectivity index is 1.98. The van der Waals surface area contributed by atoms with E-state index in [0.29, 0.717) is 0 Å². The van der Waals surface area contributed by atoms with Gasteiger partial charge in [-0.05, 0) is 24.1 Å². The van der Waals surface area contributed by atoms with Gasteiger partial charge in [0.2, 0.25) is 0 Å². The molecule has 1 aromatic heterocycles. The van der Waals surface area contributed by atoms with Crippen LogP contribution in [0.25, 0.3) is 11.1 Å². The van der Waals surface area contributed by atoms with Crippen LogP contribution in [0.2, 0.25) is 0 Å². The molecule has 0 N–H and O–H groups in total. The molecular weight excluding hydrogens is 282 g/mol. The van der Waals surface area contributed by atoms with Crippen LogP contribution in [0.15, 0.2) is 51.4 Å². The van der Waals surface area contributed by atoms with Gasteiger partial charge in [0.15, 0.2) is 0 Å². The van der Waals surface area contributed by atoms with Crippen LogP contribution in [0, 0.1) is 6.92 Å². The molecule has 2 aromatic rings. The van der Waals surface area contributed by atoms with Crippen molar-refractivity contribution in [2.24, 2.45) is 9.98 Å². The first-order valence-electron chi connectivity index (χ1n) is 6.62. The van der Waals surface area contributed by atoms with Gasteiger partial charge in [-0.1, -0.05) is 42.1 Å². The highest BCUT2D eigenvalue weighted by atomic mass is 32.2. The molecule has 0 bridgehead atoms. The van der Waals surface area contributed by atoms with E-state index < -0.39 is 0 Å². The molecule has 3 heterocycles. The number of rotatable bonds is 1. The topological polar surface area (TPSA) is 54.7 Å². The Morgan fingerprint density at radius 1 is 1.19 bits per heavy atom. The molecule has 5 heteroatoms. The standard InChI is InChI=1S/C16H11N3OS/c1-9-7-11(10-5-3-2-4-6-10)12-13-14(21-16(12)19-9)15(20)18-8-17-13/h2-8,14H,1H3. The maximum absolute atomic E-state index is 11.9. The number of carbonyl (C=O) groups excluding carboxylic acids is 1. The normalized spacial score (nSPS) is 19.2. The van der Waals surface area contributed by atoms with Crippen LogP contribution in [0.4, 0.5) is 0 Å². The Bertz CT molecular complexity index is 812. The number of benzene rings is 1. The van der Waals surface area contributed by atoms with Gasteiger partial charge in [-0.25, -0.2) is 15.0 Å². The first-order chi connectivity index (χ1) is 10.2. The van der Waals surface area contributed by atoms with E-state index in [2.05, 4.69) is 33.2 Å². The minimum atomic E-state index is -0.346. The minimum Gasteiger partial charge on any atom is -0.271 e. The lowest BCUT2D eigenvalue weighted by atomic mass is 9.96. The van der Waals surface area contributed by atoms with Crippen molar-refractivity contribution < 1.29 is 4.79 Å². The van der Waals surface area contributed by atoms with E-state index in [-0.39, 0.29) is 11.2 Å². The largest absolute Gasteiger partial charge is 0.271 e. The number of pyridine rings is 1. The zero-order chi connectivity index (χ0) is 14.4. The lowest BCUT2D eigenvalue weighted by Crippen LogP contribution is -2.25. The molecule has 1 unspecified atom stereocenters. The Morgan fingerprint density at radius 2 is 2.00 bits per heavy atom. The van der Waals surface area contributed by atoms with Gasteiger partial charge in [0.25, 0.3) is 5.91 Å². The smallest absolute Gasteiger partial charge is 0.266 e. The van der Waals surface area contributed by atoms with E-state index in [9.17, 15) is 4.79 Å². The Hall–Kier alpha value is -2.27. The van der Waals surface area contributed by atoms with E-state index in [0.717, 1.165) is 33.1 Å². The highest BCUT2D eigenvalue weighted by Gasteiger charge is 2.39. The van der Waals surface area contributed by atoms with Crippen LogP contribution in [0.5, 0.6) is 0 Å². The number of hydrogen-bond donors (Lipinski definition) is 0. The quantitative estimate of drug-likeness (QED) is 0.812. The number of aromatic nitrogens is 1. The van der Waals surface area contributed by atoms with Gasteiger partial charge >= 0.3 is 0 Å². The summed E-state index contributed by atoms with van der Waals surface area (Å²) in [6, 6.07) is 12.2. The molecule has 2 aliphatic rings. The van der Waals surface area contributed by atoms with Crippen LogP contribution in [0.3, 0.4) is 0 Å². The van der Waals surface area contributed by atoms with E-state index in [4.69, 9.17) is 0 Å². The lowest BCUT2D eigenvalue weighted by Gasteiger charge is -2.11. The minimum absolute atomic E-state index is 0.153. The summed E-state index contributed by atoms with van der Waals surface area (Å²) in [5.74, 6) is -0.153. The van der Waals surface area contributed by atoms with Crippen LogP contribution in [0.1, 0.15) is 11.3 Å². The zero-order valence-corrected chi connectivity index (χ0v) is 12.1. The first kappa shape index (κ1) is 12.5. The number of aryl methyl sites for hydroxylation is 1. The molecule has 102 valence electrons. The summed E-state index contributed by atoms with van der Waals surface area (Å²) in [5.41, 5.74) is 4.88. The van der Waals surface area contributed by atoms with Gasteiger partial charge in [-0.3, -0.25) is 4.79 Å². The first-order valence-corrected chi connectivity index (χ1v) is 7.50. The van der Waals surface area contributed by atoms with Crippen LogP contribution < -0.4 is 0 Å². The third-order valence-corrected chi connectivity index (χ3v) is 4.72. The molecule has 0 spiro atoms. The third kappa shape index (κ3) is 1.93. The van der Waals surface area contributed by atoms with Gasteiger partial charge in [0.1, 0.15) is 16.6 Å². The highest BCUT2D eigenvalue weighted by Crippen LogP contribution is 2.42. The van der Waals surface area contributed by atoms with Crippen molar-refractivity contribution in [3.05, 3.63) is 47.7 Å². The summed E-state index contributed by atoms with van der Waals surface area (Å²) in [6.45, 7) is 1.97. The van der Waals surface area contributed by atoms with Crippen molar-refractivity contribution in [1.29, 1.82) is 0 Å². The maximum Gasteiger partial charge on any atom is 0.266 e. The molecular formula is C16H11N3OS. The van der Waals surface area contributed by atoms with Crippen molar-refractivity contribution in [3.63, 3.8) is 0 Å². The Kier molecular flexibility index (Phi) is 2.75. The van der Waals surface area contributed by atoms with E-state index >= 15 is 0 Å². The molecule has 1 atom stereocenters. The number of hydrogen-bond acceptors (Lipinski definition) is 4. The number of thioether (sulfide) groups is 1. The van der Waals surface area contributed by atoms with Crippen molar-refractivity contribution in [2.75, 3.05) is 0 Å². The Labute approximate surface area is 126 Å². The SMILES string of the molecule is Cc1cc(-c2ccccc2)c2c(n1)SC1C(=O)N=CN=C21. The molecule has 4 nitrogen and oxygen atoms in total. The summed E-state index contributed by atoms with van der Waals surface area (Å²) in [7, 11) is 0.